The number of phenols is 1. The summed E-state index contributed by atoms with van der Waals surface area (Å²) in [5, 5.41) is 23.8. The first-order chi connectivity index (χ1) is 24.7. The van der Waals surface area contributed by atoms with Crippen molar-refractivity contribution in [3.05, 3.63) is 59.7 Å². The van der Waals surface area contributed by atoms with E-state index in [4.69, 9.17) is 15.2 Å². The number of piperidine rings is 1. The molecule has 2 bridgehead atoms. The molecule has 3 unspecified atom stereocenters. The van der Waals surface area contributed by atoms with Crippen LogP contribution >= 0.6 is 0 Å². The number of amides is 5. The summed E-state index contributed by atoms with van der Waals surface area (Å²) in [6, 6.07) is 12.4. The Bertz CT molecular complexity index is 1880. The van der Waals surface area contributed by atoms with Gasteiger partial charge in [-0.2, -0.15) is 0 Å². The van der Waals surface area contributed by atoms with Crippen molar-refractivity contribution in [3.63, 3.8) is 0 Å². The Morgan fingerprint density at radius 2 is 1.71 bits per heavy atom. The molecule has 5 aliphatic rings. The van der Waals surface area contributed by atoms with E-state index in [2.05, 4.69) is 20.8 Å². The molecule has 3 heterocycles. The molecule has 0 spiro atoms. The highest BCUT2D eigenvalue weighted by Gasteiger charge is 2.47. The van der Waals surface area contributed by atoms with Crippen LogP contribution in [0.1, 0.15) is 78.5 Å². The van der Waals surface area contributed by atoms with Crippen LogP contribution in [0, 0.1) is 17.8 Å². The molecule has 2 aliphatic heterocycles. The van der Waals surface area contributed by atoms with Crippen LogP contribution in [-0.4, -0.2) is 75.0 Å². The van der Waals surface area contributed by atoms with Gasteiger partial charge < -0.3 is 25.6 Å². The number of hydrogen-bond donors (Lipinski definition) is 4. The van der Waals surface area contributed by atoms with Crippen LogP contribution in [0.2, 0.25) is 0 Å². The predicted octanol–water partition coefficient (Wildman–Crippen LogP) is 3.38. The number of phenolic OH excluding ortho intramolecular Hbond substituents is 1. The number of hydrogen-bond acceptors (Lipinski definition) is 11. The number of fused-ring (bicyclic) bond motifs is 3. The second-order valence-corrected chi connectivity index (χ2v) is 13.7. The van der Waals surface area contributed by atoms with E-state index in [1.165, 1.54) is 6.07 Å². The Labute approximate surface area is 294 Å². The van der Waals surface area contributed by atoms with E-state index in [1.807, 2.05) is 0 Å². The van der Waals surface area contributed by atoms with Crippen molar-refractivity contribution in [2.24, 2.45) is 17.8 Å². The first-order valence-electron chi connectivity index (χ1n) is 17.5. The number of nitrogens with zero attached hydrogens (tertiary/aromatic N) is 3. The number of rotatable bonds is 13. The summed E-state index contributed by atoms with van der Waals surface area (Å²) in [6.45, 7) is 0.687. The highest BCUT2D eigenvalue weighted by atomic mass is 16.5. The fourth-order valence-electron chi connectivity index (χ4n) is 7.76. The minimum absolute atomic E-state index is 0.00561. The van der Waals surface area contributed by atoms with Gasteiger partial charge >= 0.3 is 0 Å². The van der Waals surface area contributed by atoms with E-state index in [0.29, 0.717) is 60.6 Å². The van der Waals surface area contributed by atoms with Crippen LogP contribution in [-0.2, 0) is 14.4 Å². The van der Waals surface area contributed by atoms with E-state index in [1.54, 1.807) is 42.5 Å². The van der Waals surface area contributed by atoms with Gasteiger partial charge in [0.05, 0.1) is 24.3 Å². The number of carbonyl (C=O) groups is 5. The molecular weight excluding hydrogens is 656 g/mol. The van der Waals surface area contributed by atoms with Crippen molar-refractivity contribution in [2.45, 2.75) is 69.9 Å². The molecule has 5 N–H and O–H groups in total. The highest BCUT2D eigenvalue weighted by Crippen LogP contribution is 2.50. The van der Waals surface area contributed by atoms with Crippen molar-refractivity contribution in [1.29, 1.82) is 0 Å². The molecule has 3 aliphatic carbocycles. The number of anilines is 1. The van der Waals surface area contributed by atoms with E-state index < -0.39 is 29.7 Å². The number of para-hydroxylation sites is 1. The Morgan fingerprint density at radius 3 is 2.51 bits per heavy atom. The summed E-state index contributed by atoms with van der Waals surface area (Å²) >= 11 is 0. The second kappa shape index (κ2) is 14.4. The highest BCUT2D eigenvalue weighted by molar-refractivity contribution is 6.24. The first-order valence-corrected chi connectivity index (χ1v) is 17.5. The van der Waals surface area contributed by atoms with Gasteiger partial charge in [0.1, 0.15) is 23.2 Å². The van der Waals surface area contributed by atoms with Crippen LogP contribution in [0.5, 0.6) is 17.2 Å². The molecule has 14 heteroatoms. The van der Waals surface area contributed by atoms with Crippen molar-refractivity contribution in [2.75, 3.05) is 18.9 Å². The topological polar surface area (TPSA) is 203 Å². The lowest BCUT2D eigenvalue weighted by atomic mass is 9.57. The Kier molecular flexibility index (Phi) is 9.56. The number of ether oxygens (including phenoxy) is 2. The van der Waals surface area contributed by atoms with E-state index in [-0.39, 0.29) is 59.8 Å². The molecule has 8 rings (SSSR count). The molecule has 3 atom stereocenters. The molecule has 0 radical (unpaired) electrons. The number of carbonyl (C=O) groups excluding carboxylic acids is 5. The van der Waals surface area contributed by atoms with Gasteiger partial charge in [0.2, 0.25) is 17.7 Å². The van der Waals surface area contributed by atoms with Crippen LogP contribution in [0.3, 0.4) is 0 Å². The normalized spacial score (nSPS) is 23.7. The number of aromatic nitrogens is 2. The van der Waals surface area contributed by atoms with Gasteiger partial charge in [0.15, 0.2) is 11.6 Å². The monoisotopic (exact) mass is 696 g/mol. The number of imide groups is 2. The van der Waals surface area contributed by atoms with Crippen LogP contribution < -0.4 is 25.8 Å². The molecule has 1 aromatic heterocycles. The lowest BCUT2D eigenvalue weighted by Crippen LogP contribution is -2.54. The Hall–Kier alpha value is -5.53. The van der Waals surface area contributed by atoms with Crippen molar-refractivity contribution in [3.8, 4) is 28.5 Å². The third-order valence-corrected chi connectivity index (χ3v) is 10.5. The maximum Gasteiger partial charge on any atom is 0.266 e. The summed E-state index contributed by atoms with van der Waals surface area (Å²) in [5.74, 6) is 0.163. The second-order valence-electron chi connectivity index (χ2n) is 13.7. The standard InChI is InChI=1S/C37H40N6O8/c38-34-30(19-26(41-42-34)23-6-1-2-8-28(23)44)51-15-13-20-18-25(22-16-21(20)17-22)39-31(45)10-3-4-14-50-29-9-5-7-24-33(29)37(49)43(36(24)48)27-11-12-32(46)40-35(27)47/h1-2,5-9,19-22,25,27,44H,3-4,10-18H2,(H2,38,42)(H,39,45)(H,40,46,47). The van der Waals surface area contributed by atoms with Gasteiger partial charge in [0, 0.05) is 30.5 Å². The van der Waals surface area contributed by atoms with Crippen molar-refractivity contribution >= 4 is 35.4 Å². The SMILES string of the molecule is Nc1nnc(-c2ccccc2O)cc1OCCC1CC(NC(=O)CCCCOc2cccc3c2C(=O)N(C2CCC(=O)NC2=O)C3=O)C2CC1C2. The number of unbranched alkanes of at least 4 members (excludes halogenated alkanes) is 1. The van der Waals surface area contributed by atoms with Crippen LogP contribution in [0.25, 0.3) is 11.3 Å². The molecule has 1 saturated heterocycles. The van der Waals surface area contributed by atoms with E-state index in [9.17, 15) is 29.1 Å². The molecule has 3 saturated carbocycles. The van der Waals surface area contributed by atoms with Crippen LogP contribution in [0.15, 0.2) is 48.5 Å². The summed E-state index contributed by atoms with van der Waals surface area (Å²) < 4.78 is 11.9. The largest absolute Gasteiger partial charge is 0.507 e. The minimum atomic E-state index is -1.05. The molecule has 14 nitrogen and oxygen atoms in total. The molecule has 3 aromatic rings. The summed E-state index contributed by atoms with van der Waals surface area (Å²) in [7, 11) is 0. The third kappa shape index (κ3) is 6.94. The maximum absolute atomic E-state index is 13.3. The average Bonchev–Trinajstić information content (AvgIpc) is 3.34. The van der Waals surface area contributed by atoms with E-state index in [0.717, 1.165) is 30.6 Å². The number of benzene rings is 2. The molecule has 4 fully saturated rings. The van der Waals surface area contributed by atoms with Gasteiger partial charge in [-0.3, -0.25) is 34.2 Å². The smallest absolute Gasteiger partial charge is 0.266 e. The molecule has 5 amide bonds. The fraction of sp³-hybridized carbons (Fsp3) is 0.432. The van der Waals surface area contributed by atoms with Gasteiger partial charge in [-0.15, -0.1) is 10.2 Å². The molecule has 2 aromatic carbocycles. The number of nitrogens with two attached hydrogens (primary N) is 1. The number of nitrogen functional groups attached to an aromatic ring is 1. The fourth-order valence-corrected chi connectivity index (χ4v) is 7.76. The van der Waals surface area contributed by atoms with Crippen LogP contribution in [0.4, 0.5) is 5.82 Å². The van der Waals surface area contributed by atoms with Gasteiger partial charge in [-0.05, 0) is 87.0 Å². The lowest BCUT2D eigenvalue weighted by molar-refractivity contribution is -0.136. The summed E-state index contributed by atoms with van der Waals surface area (Å²) in [6.07, 6.45) is 5.48. The molecule has 51 heavy (non-hydrogen) atoms. The summed E-state index contributed by atoms with van der Waals surface area (Å²) in [4.78, 5) is 64.1. The zero-order valence-electron chi connectivity index (χ0n) is 28.0. The molecular formula is C37H40N6O8. The minimum Gasteiger partial charge on any atom is -0.507 e. The Balaban J connectivity index is 0.849. The quantitative estimate of drug-likeness (QED) is 0.151. The van der Waals surface area contributed by atoms with Crippen molar-refractivity contribution < 1.29 is 38.6 Å². The third-order valence-electron chi connectivity index (χ3n) is 10.5. The van der Waals surface area contributed by atoms with Gasteiger partial charge in [-0.25, -0.2) is 0 Å². The van der Waals surface area contributed by atoms with E-state index >= 15 is 0 Å². The van der Waals surface area contributed by atoms with Crippen molar-refractivity contribution in [1.82, 2.24) is 25.7 Å². The average molecular weight is 697 g/mol. The molecule has 266 valence electrons. The maximum atomic E-state index is 13.3. The van der Waals surface area contributed by atoms with Gasteiger partial charge in [-0.1, -0.05) is 18.2 Å². The lowest BCUT2D eigenvalue weighted by Gasteiger charge is -2.51. The number of nitrogens with one attached hydrogen (secondary N) is 2. The van der Waals surface area contributed by atoms with Gasteiger partial charge in [0.25, 0.3) is 11.8 Å². The summed E-state index contributed by atoms with van der Waals surface area (Å²) in [5.41, 5.74) is 7.32. The Morgan fingerprint density at radius 1 is 0.922 bits per heavy atom. The number of aromatic hydroxyl groups is 1. The zero-order chi connectivity index (χ0) is 35.6. The first kappa shape index (κ1) is 33.9. The zero-order valence-corrected chi connectivity index (χ0v) is 28.0. The predicted molar refractivity (Wildman–Crippen MR) is 182 cm³/mol.